The number of H-pyrrole nitrogens is 1. The summed E-state index contributed by atoms with van der Waals surface area (Å²) in [5, 5.41) is 0. The zero-order chi connectivity index (χ0) is 17.3. The van der Waals surface area contributed by atoms with E-state index in [1.54, 1.807) is 36.2 Å². The van der Waals surface area contributed by atoms with Gasteiger partial charge < -0.3 is 9.88 Å². The molecular weight excluding hydrogens is 326 g/mol. The van der Waals surface area contributed by atoms with E-state index in [9.17, 15) is 13.2 Å². The van der Waals surface area contributed by atoms with Crippen LogP contribution in [0.1, 0.15) is 21.6 Å². The number of aryl methyl sites for hydroxylation is 2. The lowest BCUT2D eigenvalue weighted by atomic mass is 10.2. The number of rotatable bonds is 3. The summed E-state index contributed by atoms with van der Waals surface area (Å²) >= 11 is 0. The maximum Gasteiger partial charge on any atom is 0.270 e. The Balaban J connectivity index is 1.74. The lowest BCUT2D eigenvalue weighted by molar-refractivity contribution is 0.0692. The number of hydrogen-bond donors (Lipinski definition) is 1. The summed E-state index contributed by atoms with van der Waals surface area (Å²) in [5.41, 5.74) is 2.19. The largest absolute Gasteiger partial charge is 0.357 e. The third-order valence-corrected chi connectivity index (χ3v) is 6.36. The van der Waals surface area contributed by atoms with Gasteiger partial charge in [-0.05, 0) is 43.2 Å². The zero-order valence-electron chi connectivity index (χ0n) is 13.8. The van der Waals surface area contributed by atoms with Gasteiger partial charge >= 0.3 is 0 Å². The molecule has 0 spiro atoms. The molecule has 24 heavy (non-hydrogen) atoms. The number of carbonyl (C=O) groups excluding carboxylic acids is 1. The second kappa shape index (κ2) is 6.41. The van der Waals surface area contributed by atoms with Gasteiger partial charge in [-0.2, -0.15) is 4.31 Å². The molecule has 2 heterocycles. The van der Waals surface area contributed by atoms with E-state index >= 15 is 0 Å². The van der Waals surface area contributed by atoms with Gasteiger partial charge in [0, 0.05) is 32.4 Å². The van der Waals surface area contributed by atoms with Crippen molar-refractivity contribution in [3.05, 3.63) is 53.3 Å². The highest BCUT2D eigenvalue weighted by Gasteiger charge is 2.31. The summed E-state index contributed by atoms with van der Waals surface area (Å²) < 4.78 is 27.2. The Labute approximate surface area is 142 Å². The molecule has 1 aromatic carbocycles. The first-order valence-corrected chi connectivity index (χ1v) is 9.33. The van der Waals surface area contributed by atoms with Crippen molar-refractivity contribution in [3.8, 4) is 0 Å². The summed E-state index contributed by atoms with van der Waals surface area (Å²) in [6.45, 7) is 5.08. The van der Waals surface area contributed by atoms with Crippen LogP contribution >= 0.6 is 0 Å². The number of carbonyl (C=O) groups is 1. The van der Waals surface area contributed by atoms with Crippen LogP contribution in [0.4, 0.5) is 0 Å². The number of piperazine rings is 1. The summed E-state index contributed by atoms with van der Waals surface area (Å²) in [5.74, 6) is -0.0937. The zero-order valence-corrected chi connectivity index (χ0v) is 14.6. The van der Waals surface area contributed by atoms with E-state index in [4.69, 9.17) is 0 Å². The van der Waals surface area contributed by atoms with Gasteiger partial charge in [-0.3, -0.25) is 4.79 Å². The predicted octanol–water partition coefficient (Wildman–Crippen LogP) is 1.78. The van der Waals surface area contributed by atoms with Crippen molar-refractivity contribution in [1.82, 2.24) is 14.2 Å². The van der Waals surface area contributed by atoms with Crippen LogP contribution in [-0.2, 0) is 10.0 Å². The Morgan fingerprint density at radius 1 is 1.08 bits per heavy atom. The molecule has 0 aliphatic carbocycles. The molecular formula is C17H21N3O3S. The highest BCUT2D eigenvalue weighted by Crippen LogP contribution is 2.22. The summed E-state index contributed by atoms with van der Waals surface area (Å²) in [4.78, 5) is 17.2. The SMILES string of the molecule is Cc1ccc(C)c(S(=O)(=O)N2CCN(C(=O)c3ccc[nH]3)CC2)c1. The monoisotopic (exact) mass is 347 g/mol. The van der Waals surface area contributed by atoms with E-state index in [1.165, 1.54) is 4.31 Å². The lowest BCUT2D eigenvalue weighted by Gasteiger charge is -2.34. The Hall–Kier alpha value is -2.12. The van der Waals surface area contributed by atoms with Crippen molar-refractivity contribution in [2.75, 3.05) is 26.2 Å². The minimum Gasteiger partial charge on any atom is -0.357 e. The fraction of sp³-hybridized carbons (Fsp3) is 0.353. The number of nitrogens with one attached hydrogen (secondary N) is 1. The normalized spacial score (nSPS) is 16.3. The van der Waals surface area contributed by atoms with Crippen molar-refractivity contribution >= 4 is 15.9 Å². The van der Waals surface area contributed by atoms with Gasteiger partial charge in [-0.25, -0.2) is 8.42 Å². The van der Waals surface area contributed by atoms with Gasteiger partial charge in [-0.1, -0.05) is 12.1 Å². The predicted molar refractivity (Wildman–Crippen MR) is 91.4 cm³/mol. The minimum atomic E-state index is -3.53. The average Bonchev–Trinajstić information content (AvgIpc) is 3.11. The first kappa shape index (κ1) is 16.7. The van der Waals surface area contributed by atoms with Gasteiger partial charge in [0.2, 0.25) is 10.0 Å². The Bertz CT molecular complexity index is 836. The molecule has 3 rings (SSSR count). The number of aromatic amines is 1. The van der Waals surface area contributed by atoms with E-state index in [2.05, 4.69) is 4.98 Å². The van der Waals surface area contributed by atoms with Crippen LogP contribution in [0.5, 0.6) is 0 Å². The molecule has 1 aliphatic heterocycles. The topological polar surface area (TPSA) is 73.5 Å². The fourth-order valence-electron chi connectivity index (χ4n) is 2.89. The molecule has 7 heteroatoms. The number of amides is 1. The molecule has 0 bridgehead atoms. The van der Waals surface area contributed by atoms with Crippen molar-refractivity contribution < 1.29 is 13.2 Å². The minimum absolute atomic E-state index is 0.0937. The van der Waals surface area contributed by atoms with Crippen LogP contribution in [0.25, 0.3) is 0 Å². The molecule has 1 aliphatic rings. The van der Waals surface area contributed by atoms with E-state index < -0.39 is 10.0 Å². The van der Waals surface area contributed by atoms with Gasteiger partial charge in [-0.15, -0.1) is 0 Å². The maximum absolute atomic E-state index is 12.9. The standard InChI is InChI=1S/C17H21N3O3S/c1-13-5-6-14(2)16(12-13)24(22,23)20-10-8-19(9-11-20)17(21)15-4-3-7-18-15/h3-7,12,18H,8-11H2,1-2H3. The van der Waals surface area contributed by atoms with Crippen LogP contribution in [0.3, 0.4) is 0 Å². The van der Waals surface area contributed by atoms with Crippen LogP contribution in [0, 0.1) is 13.8 Å². The molecule has 6 nitrogen and oxygen atoms in total. The third-order valence-electron chi connectivity index (χ3n) is 4.32. The van der Waals surface area contributed by atoms with Crippen molar-refractivity contribution in [3.63, 3.8) is 0 Å². The number of benzene rings is 1. The second-order valence-electron chi connectivity index (χ2n) is 6.05. The Morgan fingerprint density at radius 2 is 1.79 bits per heavy atom. The van der Waals surface area contributed by atoms with E-state index in [0.717, 1.165) is 11.1 Å². The first-order valence-electron chi connectivity index (χ1n) is 7.89. The van der Waals surface area contributed by atoms with Crippen molar-refractivity contribution in [2.45, 2.75) is 18.7 Å². The van der Waals surface area contributed by atoms with Crippen molar-refractivity contribution in [2.24, 2.45) is 0 Å². The maximum atomic E-state index is 12.9. The Morgan fingerprint density at radius 3 is 2.42 bits per heavy atom. The second-order valence-corrected chi connectivity index (χ2v) is 7.96. The number of sulfonamides is 1. The molecule has 2 aromatic rings. The summed E-state index contributed by atoms with van der Waals surface area (Å²) in [6, 6.07) is 8.94. The molecule has 0 saturated carbocycles. The van der Waals surface area contributed by atoms with E-state index in [-0.39, 0.29) is 5.91 Å². The molecule has 1 aromatic heterocycles. The van der Waals surface area contributed by atoms with Gasteiger partial charge in [0.1, 0.15) is 5.69 Å². The number of aromatic nitrogens is 1. The Kier molecular flexibility index (Phi) is 4.47. The molecule has 1 fully saturated rings. The highest BCUT2D eigenvalue weighted by atomic mass is 32.2. The van der Waals surface area contributed by atoms with Crippen molar-refractivity contribution in [1.29, 1.82) is 0 Å². The van der Waals surface area contributed by atoms with Crippen LogP contribution < -0.4 is 0 Å². The molecule has 0 radical (unpaired) electrons. The molecule has 1 N–H and O–H groups in total. The smallest absolute Gasteiger partial charge is 0.270 e. The molecule has 128 valence electrons. The number of nitrogens with zero attached hydrogens (tertiary/aromatic N) is 2. The van der Waals surface area contributed by atoms with E-state index in [0.29, 0.717) is 36.8 Å². The highest BCUT2D eigenvalue weighted by molar-refractivity contribution is 7.89. The number of hydrogen-bond acceptors (Lipinski definition) is 3. The average molecular weight is 347 g/mol. The van der Waals surface area contributed by atoms with Crippen LogP contribution in [0.15, 0.2) is 41.4 Å². The van der Waals surface area contributed by atoms with Gasteiger partial charge in [0.25, 0.3) is 5.91 Å². The molecule has 1 amide bonds. The van der Waals surface area contributed by atoms with Crippen LogP contribution in [-0.4, -0.2) is 54.7 Å². The van der Waals surface area contributed by atoms with Gasteiger partial charge in [0.15, 0.2) is 0 Å². The quantitative estimate of drug-likeness (QED) is 0.920. The molecule has 1 saturated heterocycles. The molecule has 0 unspecified atom stereocenters. The third kappa shape index (κ3) is 3.09. The van der Waals surface area contributed by atoms with Gasteiger partial charge in [0.05, 0.1) is 4.90 Å². The summed E-state index contributed by atoms with van der Waals surface area (Å²) in [6.07, 6.45) is 1.70. The molecule has 0 atom stereocenters. The first-order chi connectivity index (χ1) is 11.4. The lowest BCUT2D eigenvalue weighted by Crippen LogP contribution is -2.50. The summed E-state index contributed by atoms with van der Waals surface area (Å²) in [7, 11) is -3.53. The van der Waals surface area contributed by atoms with E-state index in [1.807, 2.05) is 19.1 Å². The van der Waals surface area contributed by atoms with Crippen LogP contribution in [0.2, 0.25) is 0 Å². The fourth-order valence-corrected chi connectivity index (χ4v) is 4.62.